The quantitative estimate of drug-likeness (QED) is 0.840. The van der Waals surface area contributed by atoms with Gasteiger partial charge in [0.25, 0.3) is 5.91 Å². The summed E-state index contributed by atoms with van der Waals surface area (Å²) < 4.78 is 19.1. The van der Waals surface area contributed by atoms with Gasteiger partial charge in [-0.25, -0.2) is 4.39 Å². The zero-order valence-electron chi connectivity index (χ0n) is 14.3. The number of ether oxygens (including phenoxy) is 1. The third kappa shape index (κ3) is 5.04. The summed E-state index contributed by atoms with van der Waals surface area (Å²) in [6.07, 6.45) is 0. The number of benzene rings is 2. The monoisotopic (exact) mass is 344 g/mol. The molecule has 0 fully saturated rings. The van der Waals surface area contributed by atoms with E-state index >= 15 is 0 Å². The number of nitrogens with one attached hydrogen (secondary N) is 1. The summed E-state index contributed by atoms with van der Waals surface area (Å²) in [7, 11) is 1.56. The lowest BCUT2D eigenvalue weighted by atomic mass is 10.2. The van der Waals surface area contributed by atoms with Crippen molar-refractivity contribution in [3.63, 3.8) is 0 Å². The first-order valence-electron chi connectivity index (χ1n) is 8.00. The summed E-state index contributed by atoms with van der Waals surface area (Å²) in [5.41, 5.74) is 0.792. The van der Waals surface area contributed by atoms with Crippen LogP contribution >= 0.6 is 0 Å². The van der Waals surface area contributed by atoms with Gasteiger partial charge < -0.3 is 15.0 Å². The average molecular weight is 344 g/mol. The van der Waals surface area contributed by atoms with Crippen LogP contribution in [0.1, 0.15) is 22.8 Å². The summed E-state index contributed by atoms with van der Waals surface area (Å²) in [6, 6.07) is 13.1. The molecule has 0 bridgehead atoms. The van der Waals surface area contributed by atoms with Crippen LogP contribution in [0.2, 0.25) is 0 Å². The van der Waals surface area contributed by atoms with Crippen molar-refractivity contribution in [2.45, 2.75) is 13.5 Å². The number of likely N-dealkylation sites (N-methyl/N-ethyl adjacent to an activating group) is 1. The summed E-state index contributed by atoms with van der Waals surface area (Å²) in [5, 5.41) is 2.57. The highest BCUT2D eigenvalue weighted by Crippen LogP contribution is 2.17. The van der Waals surface area contributed by atoms with Crippen LogP contribution in [0.25, 0.3) is 0 Å². The van der Waals surface area contributed by atoms with Gasteiger partial charge in [-0.15, -0.1) is 0 Å². The van der Waals surface area contributed by atoms with E-state index in [-0.39, 0.29) is 24.8 Å². The van der Waals surface area contributed by atoms with Crippen LogP contribution in [0.15, 0.2) is 48.5 Å². The molecule has 5 nitrogen and oxygen atoms in total. The van der Waals surface area contributed by atoms with Gasteiger partial charge in [-0.1, -0.05) is 30.3 Å². The molecule has 0 unspecified atom stereocenters. The molecule has 2 amide bonds. The average Bonchev–Trinajstić information content (AvgIpc) is 2.62. The lowest BCUT2D eigenvalue weighted by Crippen LogP contribution is -2.38. The van der Waals surface area contributed by atoms with Crippen LogP contribution in [0.3, 0.4) is 0 Å². The molecule has 0 aliphatic heterocycles. The van der Waals surface area contributed by atoms with Gasteiger partial charge in [0.05, 0.1) is 18.7 Å². The van der Waals surface area contributed by atoms with E-state index in [1.54, 1.807) is 49.5 Å². The molecule has 25 heavy (non-hydrogen) atoms. The standard InChI is InChI=1S/C19H21FN2O3/c1-3-25-17-11-7-5-9-15(17)19(24)21-12-18(23)22(2)13-14-8-4-6-10-16(14)20/h4-11H,3,12-13H2,1-2H3,(H,21,24). The van der Waals surface area contributed by atoms with Crippen molar-refractivity contribution in [1.82, 2.24) is 10.2 Å². The maximum atomic E-state index is 13.6. The largest absolute Gasteiger partial charge is 0.493 e. The van der Waals surface area contributed by atoms with Gasteiger partial charge in [-0.2, -0.15) is 0 Å². The first-order valence-corrected chi connectivity index (χ1v) is 8.00. The van der Waals surface area contributed by atoms with E-state index in [0.717, 1.165) is 0 Å². The second-order valence-corrected chi connectivity index (χ2v) is 5.45. The lowest BCUT2D eigenvalue weighted by Gasteiger charge is -2.18. The molecule has 0 atom stereocenters. The Labute approximate surface area is 146 Å². The van der Waals surface area contributed by atoms with Gasteiger partial charge in [0.1, 0.15) is 11.6 Å². The fourth-order valence-corrected chi connectivity index (χ4v) is 2.29. The van der Waals surface area contributed by atoms with E-state index < -0.39 is 5.91 Å². The number of hydrogen-bond donors (Lipinski definition) is 1. The maximum Gasteiger partial charge on any atom is 0.255 e. The maximum absolute atomic E-state index is 13.6. The van der Waals surface area contributed by atoms with Crippen LogP contribution in [-0.2, 0) is 11.3 Å². The Morgan fingerprint density at radius 1 is 1.12 bits per heavy atom. The number of carbonyl (C=O) groups is 2. The van der Waals surface area contributed by atoms with Gasteiger partial charge in [-0.3, -0.25) is 9.59 Å². The molecule has 2 rings (SSSR count). The molecule has 1 N–H and O–H groups in total. The van der Waals surface area contributed by atoms with Crippen molar-refractivity contribution in [1.29, 1.82) is 0 Å². The van der Waals surface area contributed by atoms with Crippen LogP contribution < -0.4 is 10.1 Å². The van der Waals surface area contributed by atoms with Crippen molar-refractivity contribution in [3.8, 4) is 5.75 Å². The fraction of sp³-hybridized carbons (Fsp3) is 0.263. The Bertz CT molecular complexity index is 749. The lowest BCUT2D eigenvalue weighted by molar-refractivity contribution is -0.129. The Hall–Kier alpha value is -2.89. The Morgan fingerprint density at radius 3 is 2.52 bits per heavy atom. The molecule has 132 valence electrons. The fourth-order valence-electron chi connectivity index (χ4n) is 2.29. The number of hydrogen-bond acceptors (Lipinski definition) is 3. The van der Waals surface area contributed by atoms with Crippen LogP contribution in [0.5, 0.6) is 5.75 Å². The van der Waals surface area contributed by atoms with Gasteiger partial charge in [0.15, 0.2) is 0 Å². The van der Waals surface area contributed by atoms with E-state index in [1.807, 2.05) is 6.92 Å². The molecular formula is C19H21FN2O3. The van der Waals surface area contributed by atoms with Gasteiger partial charge >= 0.3 is 0 Å². The Balaban J connectivity index is 1.93. The Morgan fingerprint density at radius 2 is 1.80 bits per heavy atom. The molecule has 0 radical (unpaired) electrons. The molecule has 0 aromatic heterocycles. The minimum atomic E-state index is -0.392. The van der Waals surface area contributed by atoms with Crippen molar-refractivity contribution < 1.29 is 18.7 Å². The van der Waals surface area contributed by atoms with Crippen LogP contribution in [0.4, 0.5) is 4.39 Å². The first-order chi connectivity index (χ1) is 12.0. The van der Waals surface area contributed by atoms with E-state index in [9.17, 15) is 14.0 Å². The number of carbonyl (C=O) groups excluding carboxylic acids is 2. The minimum absolute atomic E-state index is 0.136. The number of nitrogens with zero attached hydrogens (tertiary/aromatic N) is 1. The van der Waals surface area contributed by atoms with E-state index in [4.69, 9.17) is 4.74 Å². The molecular weight excluding hydrogens is 323 g/mol. The van der Waals surface area contributed by atoms with Gasteiger partial charge in [0.2, 0.25) is 5.91 Å². The van der Waals surface area contributed by atoms with Crippen molar-refractivity contribution in [2.24, 2.45) is 0 Å². The van der Waals surface area contributed by atoms with Crippen LogP contribution in [-0.4, -0.2) is 36.9 Å². The molecule has 0 spiro atoms. The third-order valence-electron chi connectivity index (χ3n) is 3.62. The third-order valence-corrected chi connectivity index (χ3v) is 3.62. The molecule has 6 heteroatoms. The molecule has 0 saturated carbocycles. The van der Waals surface area contributed by atoms with Crippen molar-refractivity contribution >= 4 is 11.8 Å². The highest BCUT2D eigenvalue weighted by atomic mass is 19.1. The summed E-state index contributed by atoms with van der Waals surface area (Å²) in [6.45, 7) is 2.23. The van der Waals surface area contributed by atoms with Crippen molar-refractivity contribution in [3.05, 3.63) is 65.5 Å². The van der Waals surface area contributed by atoms with E-state index in [2.05, 4.69) is 5.32 Å². The molecule has 2 aromatic rings. The number of amides is 2. The molecule has 0 aliphatic carbocycles. The predicted molar refractivity (Wildman–Crippen MR) is 92.8 cm³/mol. The number of rotatable bonds is 7. The highest BCUT2D eigenvalue weighted by molar-refractivity contribution is 5.98. The zero-order chi connectivity index (χ0) is 18.2. The van der Waals surface area contributed by atoms with Crippen molar-refractivity contribution in [2.75, 3.05) is 20.2 Å². The molecule has 0 aliphatic rings. The molecule has 0 saturated heterocycles. The molecule has 0 heterocycles. The summed E-state index contributed by atoms with van der Waals surface area (Å²) in [5.74, 6) is -0.603. The van der Waals surface area contributed by atoms with E-state index in [1.165, 1.54) is 11.0 Å². The highest BCUT2D eigenvalue weighted by Gasteiger charge is 2.15. The SMILES string of the molecule is CCOc1ccccc1C(=O)NCC(=O)N(C)Cc1ccccc1F. The normalized spacial score (nSPS) is 10.2. The number of para-hydroxylation sites is 1. The first kappa shape index (κ1) is 18.4. The second kappa shape index (κ2) is 8.82. The summed E-state index contributed by atoms with van der Waals surface area (Å²) >= 11 is 0. The minimum Gasteiger partial charge on any atom is -0.493 e. The number of halogens is 1. The second-order valence-electron chi connectivity index (χ2n) is 5.45. The van der Waals surface area contributed by atoms with Gasteiger partial charge in [0, 0.05) is 19.2 Å². The van der Waals surface area contributed by atoms with Gasteiger partial charge in [-0.05, 0) is 25.1 Å². The van der Waals surface area contributed by atoms with Crippen LogP contribution in [0, 0.1) is 5.82 Å². The Kier molecular flexibility index (Phi) is 6.51. The predicted octanol–water partition coefficient (Wildman–Crippen LogP) is 2.61. The van der Waals surface area contributed by atoms with E-state index in [0.29, 0.717) is 23.5 Å². The zero-order valence-corrected chi connectivity index (χ0v) is 14.3. The summed E-state index contributed by atoms with van der Waals surface area (Å²) in [4.78, 5) is 25.8. The smallest absolute Gasteiger partial charge is 0.255 e. The topological polar surface area (TPSA) is 58.6 Å². The molecule has 2 aromatic carbocycles.